The van der Waals surface area contributed by atoms with Crippen molar-refractivity contribution in [3.8, 4) is 0 Å². The van der Waals surface area contributed by atoms with E-state index in [2.05, 4.69) is 79.5 Å². The van der Waals surface area contributed by atoms with Gasteiger partial charge >= 0.3 is 0 Å². The normalized spacial score (nSPS) is 13.1. The van der Waals surface area contributed by atoms with Crippen LogP contribution in [0.15, 0.2) is 95.6 Å². The molecule has 0 aromatic heterocycles. The van der Waals surface area contributed by atoms with E-state index in [4.69, 9.17) is 4.74 Å². The Bertz CT molecular complexity index is 780. The lowest BCUT2D eigenvalue weighted by molar-refractivity contribution is 0.108. The predicted molar refractivity (Wildman–Crippen MR) is 157 cm³/mol. The van der Waals surface area contributed by atoms with Crippen LogP contribution in [0.2, 0.25) is 0 Å². The fourth-order valence-corrected chi connectivity index (χ4v) is 3.44. The number of rotatable bonds is 16. The molecule has 1 nitrogen and oxygen atoms in total. The van der Waals surface area contributed by atoms with Crippen molar-refractivity contribution in [1.82, 2.24) is 0 Å². The van der Waals surface area contributed by atoms with Gasteiger partial charge in [0.25, 0.3) is 0 Å². The highest BCUT2D eigenvalue weighted by Gasteiger charge is 2.08. The third kappa shape index (κ3) is 17.7. The van der Waals surface area contributed by atoms with Crippen molar-refractivity contribution >= 4 is 0 Å². The number of allylic oxidation sites excluding steroid dienone is 12. The van der Waals surface area contributed by atoms with Gasteiger partial charge in [-0.05, 0) is 94.7 Å². The van der Waals surface area contributed by atoms with Crippen LogP contribution in [0.25, 0.3) is 0 Å². The Labute approximate surface area is 217 Å². The summed E-state index contributed by atoms with van der Waals surface area (Å²) < 4.78 is 18.5. The summed E-state index contributed by atoms with van der Waals surface area (Å²) in [6, 6.07) is 0. The molecule has 0 aromatic carbocycles. The fraction of sp³-hybridized carbons (Fsp3) is 0.515. The zero-order chi connectivity index (χ0) is 27.2. The summed E-state index contributed by atoms with van der Waals surface area (Å²) in [5, 5.41) is 0. The van der Waals surface area contributed by atoms with Gasteiger partial charge in [0.15, 0.2) is 0 Å². The van der Waals surface area contributed by atoms with Gasteiger partial charge in [0.1, 0.15) is 11.6 Å². The molecule has 0 N–H and O–H groups in total. The Hall–Kier alpha value is -2.35. The van der Waals surface area contributed by atoms with Crippen LogP contribution >= 0.6 is 0 Å². The minimum Gasteiger partial charge on any atom is -0.491 e. The van der Waals surface area contributed by atoms with Gasteiger partial charge in [-0.2, -0.15) is 0 Å². The van der Waals surface area contributed by atoms with Crippen LogP contribution in [0, 0.1) is 0 Å². The Morgan fingerprint density at radius 3 is 1.91 bits per heavy atom. The number of unbranched alkanes of at least 4 members (excludes halogenated alkanes) is 3. The molecule has 0 aromatic rings. The van der Waals surface area contributed by atoms with Crippen LogP contribution in [0.1, 0.15) is 107 Å². The molecule has 35 heavy (non-hydrogen) atoms. The molecule has 0 heterocycles. The number of ether oxygens (including phenoxy) is 1. The molecular formula is C33H53FO. The predicted octanol–water partition coefficient (Wildman–Crippen LogP) is 11.5. The lowest BCUT2D eigenvalue weighted by Gasteiger charge is -2.17. The van der Waals surface area contributed by atoms with E-state index in [0.29, 0.717) is 5.76 Å². The molecule has 0 unspecified atom stereocenters. The minimum atomic E-state index is -0.271. The third-order valence-electron chi connectivity index (χ3n) is 5.65. The zero-order valence-electron chi connectivity index (χ0n) is 24.1. The number of hydrogen-bond donors (Lipinski definition) is 0. The maximum absolute atomic E-state index is 12.8. The number of hydrogen-bond acceptors (Lipinski definition) is 1. The molecule has 0 bridgehead atoms. The van der Waals surface area contributed by atoms with Crippen molar-refractivity contribution < 1.29 is 9.13 Å². The summed E-state index contributed by atoms with van der Waals surface area (Å²) in [6.45, 7) is 28.6. The van der Waals surface area contributed by atoms with Crippen LogP contribution in [-0.2, 0) is 4.74 Å². The van der Waals surface area contributed by atoms with Crippen LogP contribution in [-0.4, -0.2) is 6.10 Å². The lowest BCUT2D eigenvalue weighted by atomic mass is 9.92. The largest absolute Gasteiger partial charge is 0.491 e. The van der Waals surface area contributed by atoms with E-state index in [1.807, 2.05) is 6.92 Å². The highest BCUT2D eigenvalue weighted by atomic mass is 19.1. The minimum absolute atomic E-state index is 0.209. The van der Waals surface area contributed by atoms with Crippen LogP contribution in [0.5, 0.6) is 0 Å². The SMILES string of the molecule is C=C(/C=C\C(F)=C/C)OC(CCC)CCC.C=C(C)/C(=C/CCCCC)C(=C)/C(C)=C(C)\C=C/C. The second-order valence-corrected chi connectivity index (χ2v) is 8.97. The monoisotopic (exact) mass is 484 g/mol. The first-order valence-corrected chi connectivity index (χ1v) is 13.3. The average molecular weight is 485 g/mol. The summed E-state index contributed by atoms with van der Waals surface area (Å²) in [5.74, 6) is 0.260. The van der Waals surface area contributed by atoms with E-state index in [1.165, 1.54) is 48.1 Å². The number of halogens is 1. The first kappa shape index (κ1) is 34.8. The topological polar surface area (TPSA) is 9.23 Å². The Morgan fingerprint density at radius 2 is 1.46 bits per heavy atom. The van der Waals surface area contributed by atoms with Gasteiger partial charge in [-0.1, -0.05) is 96.1 Å². The van der Waals surface area contributed by atoms with Gasteiger partial charge in [0.05, 0.1) is 6.10 Å². The molecule has 198 valence electrons. The van der Waals surface area contributed by atoms with Gasteiger partial charge < -0.3 is 4.74 Å². The van der Waals surface area contributed by atoms with Crippen LogP contribution in [0.4, 0.5) is 4.39 Å². The standard InChI is InChI=1S/C19H30.C14H23FO/c1-8-10-11-12-14-19(15(3)4)18(7)17(6)16(5)13-9-2;1-5-8-14(9-6-2)16-12(4)10-11-13(15)7-3/h9,13-14H,3,7-8,10-12H2,1-2,4-6H3;7,10-11,14H,4-6,8-9H2,1-3H3/b13-9-,17-16-,19-14-;11-10-,13-7+. The first-order valence-electron chi connectivity index (χ1n) is 13.3. The van der Waals surface area contributed by atoms with Crippen molar-refractivity contribution in [2.24, 2.45) is 0 Å². The summed E-state index contributed by atoms with van der Waals surface area (Å²) in [6.07, 6.45) is 20.2. The van der Waals surface area contributed by atoms with Gasteiger partial charge in [0.2, 0.25) is 0 Å². The van der Waals surface area contributed by atoms with Crippen molar-refractivity contribution in [2.45, 2.75) is 113 Å². The van der Waals surface area contributed by atoms with Gasteiger partial charge in [-0.15, -0.1) is 0 Å². The molecular weight excluding hydrogens is 431 g/mol. The van der Waals surface area contributed by atoms with E-state index >= 15 is 0 Å². The molecule has 0 amide bonds. The molecule has 0 saturated heterocycles. The third-order valence-corrected chi connectivity index (χ3v) is 5.65. The lowest BCUT2D eigenvalue weighted by Crippen LogP contribution is -2.11. The molecule has 0 aliphatic heterocycles. The van der Waals surface area contributed by atoms with Crippen molar-refractivity contribution in [1.29, 1.82) is 0 Å². The van der Waals surface area contributed by atoms with Crippen LogP contribution in [0.3, 0.4) is 0 Å². The fourth-order valence-electron chi connectivity index (χ4n) is 3.44. The average Bonchev–Trinajstić information content (AvgIpc) is 2.82. The maximum Gasteiger partial charge on any atom is 0.119 e. The van der Waals surface area contributed by atoms with Gasteiger partial charge in [0, 0.05) is 0 Å². The Morgan fingerprint density at radius 1 is 0.857 bits per heavy atom. The zero-order valence-corrected chi connectivity index (χ0v) is 24.1. The summed E-state index contributed by atoms with van der Waals surface area (Å²) >= 11 is 0. The molecule has 0 spiro atoms. The molecule has 0 saturated carbocycles. The summed E-state index contributed by atoms with van der Waals surface area (Å²) in [4.78, 5) is 0. The van der Waals surface area contributed by atoms with E-state index in [0.717, 1.165) is 43.3 Å². The highest BCUT2D eigenvalue weighted by Crippen LogP contribution is 2.26. The molecule has 0 fully saturated rings. The quantitative estimate of drug-likeness (QED) is 0.120. The van der Waals surface area contributed by atoms with E-state index in [1.54, 1.807) is 13.0 Å². The first-order chi connectivity index (χ1) is 16.6. The van der Waals surface area contributed by atoms with E-state index in [-0.39, 0.29) is 11.9 Å². The second-order valence-electron chi connectivity index (χ2n) is 8.97. The smallest absolute Gasteiger partial charge is 0.119 e. The summed E-state index contributed by atoms with van der Waals surface area (Å²) in [5.41, 5.74) is 5.96. The van der Waals surface area contributed by atoms with Gasteiger partial charge in [-0.25, -0.2) is 4.39 Å². The summed E-state index contributed by atoms with van der Waals surface area (Å²) in [7, 11) is 0. The van der Waals surface area contributed by atoms with Crippen LogP contribution < -0.4 is 0 Å². The second kappa shape index (κ2) is 22.1. The van der Waals surface area contributed by atoms with Gasteiger partial charge in [-0.3, -0.25) is 0 Å². The molecule has 0 atom stereocenters. The van der Waals surface area contributed by atoms with E-state index < -0.39 is 0 Å². The maximum atomic E-state index is 12.8. The molecule has 0 radical (unpaired) electrons. The Balaban J connectivity index is 0. The van der Waals surface area contributed by atoms with Crippen molar-refractivity contribution in [3.05, 3.63) is 95.6 Å². The van der Waals surface area contributed by atoms with Crippen molar-refractivity contribution in [2.75, 3.05) is 0 Å². The molecule has 0 aliphatic carbocycles. The molecule has 0 aliphatic rings. The molecule has 0 rings (SSSR count). The Kier molecular flexibility index (Phi) is 22.0. The molecule has 2 heteroatoms. The highest BCUT2D eigenvalue weighted by molar-refractivity contribution is 5.54. The van der Waals surface area contributed by atoms with E-state index in [9.17, 15) is 4.39 Å². The van der Waals surface area contributed by atoms with Crippen molar-refractivity contribution in [3.63, 3.8) is 0 Å².